The topological polar surface area (TPSA) is 50.3 Å². The molecule has 0 spiro atoms. The van der Waals surface area contributed by atoms with Crippen molar-refractivity contribution >= 4 is 45.0 Å². The van der Waals surface area contributed by atoms with E-state index in [1.54, 1.807) is 18.0 Å². The monoisotopic (exact) mass is 442 g/mol. The van der Waals surface area contributed by atoms with Gasteiger partial charge in [-0.25, -0.2) is 9.97 Å². The molecular formula is C20H19BrN4OS. The summed E-state index contributed by atoms with van der Waals surface area (Å²) in [4.78, 5) is 12.4. The highest BCUT2D eigenvalue weighted by molar-refractivity contribution is 9.10. The number of halogens is 1. The van der Waals surface area contributed by atoms with Crippen molar-refractivity contribution in [2.45, 2.75) is 9.92 Å². The Labute approximate surface area is 171 Å². The van der Waals surface area contributed by atoms with Crippen molar-refractivity contribution in [3.8, 4) is 0 Å². The number of benzene rings is 2. The Morgan fingerprint density at radius 3 is 2.56 bits per heavy atom. The van der Waals surface area contributed by atoms with Crippen LogP contribution in [0, 0.1) is 0 Å². The fourth-order valence-corrected chi connectivity index (χ4v) is 4.13. The van der Waals surface area contributed by atoms with Crippen LogP contribution < -0.4 is 10.2 Å². The first-order chi connectivity index (χ1) is 13.3. The zero-order valence-corrected chi connectivity index (χ0v) is 17.0. The molecule has 27 heavy (non-hydrogen) atoms. The zero-order chi connectivity index (χ0) is 18.5. The first-order valence-electron chi connectivity index (χ1n) is 8.73. The van der Waals surface area contributed by atoms with E-state index in [2.05, 4.69) is 66.4 Å². The fraction of sp³-hybridized carbons (Fsp3) is 0.200. The van der Waals surface area contributed by atoms with E-state index in [4.69, 9.17) is 4.74 Å². The van der Waals surface area contributed by atoms with Crippen LogP contribution in [0.1, 0.15) is 0 Å². The number of anilines is 3. The summed E-state index contributed by atoms with van der Waals surface area (Å²) in [7, 11) is 0. The highest BCUT2D eigenvalue weighted by Gasteiger charge is 2.11. The second kappa shape index (κ2) is 8.73. The van der Waals surface area contributed by atoms with Gasteiger partial charge in [0.25, 0.3) is 0 Å². The number of nitrogens with one attached hydrogen (secondary N) is 1. The molecule has 1 aliphatic rings. The predicted molar refractivity (Wildman–Crippen MR) is 113 cm³/mol. The molecule has 2 aromatic carbocycles. The molecule has 1 fully saturated rings. The van der Waals surface area contributed by atoms with Crippen LogP contribution in [0.3, 0.4) is 0 Å². The first-order valence-corrected chi connectivity index (χ1v) is 10.3. The number of ether oxygens (including phenoxy) is 1. The molecule has 3 aromatic rings. The van der Waals surface area contributed by atoms with Gasteiger partial charge in [-0.1, -0.05) is 23.9 Å². The molecule has 0 radical (unpaired) electrons. The first kappa shape index (κ1) is 18.3. The van der Waals surface area contributed by atoms with Gasteiger partial charge in [0.05, 0.1) is 13.2 Å². The molecule has 7 heteroatoms. The molecule has 1 N–H and O–H groups in total. The standard InChI is InChI=1S/C20H19BrN4OS/c21-17-3-1-2-4-18(17)27-19-9-10-22-20(24-19)23-15-5-7-16(8-6-15)25-11-13-26-14-12-25/h1-10H,11-14H2,(H,22,23,24). The molecule has 1 aliphatic heterocycles. The molecule has 2 heterocycles. The lowest BCUT2D eigenvalue weighted by Crippen LogP contribution is -2.36. The number of morpholine rings is 1. The van der Waals surface area contributed by atoms with E-state index in [1.165, 1.54) is 5.69 Å². The number of hydrogen-bond acceptors (Lipinski definition) is 6. The summed E-state index contributed by atoms with van der Waals surface area (Å²) in [5.41, 5.74) is 2.18. The van der Waals surface area contributed by atoms with Gasteiger partial charge in [0, 0.05) is 40.0 Å². The Morgan fingerprint density at radius 1 is 1.00 bits per heavy atom. The third-order valence-corrected chi connectivity index (χ3v) is 6.15. The van der Waals surface area contributed by atoms with Gasteiger partial charge in [-0.2, -0.15) is 0 Å². The largest absolute Gasteiger partial charge is 0.378 e. The number of rotatable bonds is 5. The van der Waals surface area contributed by atoms with E-state index in [0.29, 0.717) is 5.95 Å². The maximum absolute atomic E-state index is 5.41. The summed E-state index contributed by atoms with van der Waals surface area (Å²) < 4.78 is 6.47. The third-order valence-electron chi connectivity index (χ3n) is 4.18. The van der Waals surface area contributed by atoms with Crippen LogP contribution in [-0.2, 0) is 4.74 Å². The van der Waals surface area contributed by atoms with Crippen molar-refractivity contribution in [3.63, 3.8) is 0 Å². The summed E-state index contributed by atoms with van der Waals surface area (Å²) in [5, 5.41) is 4.18. The number of aromatic nitrogens is 2. The summed E-state index contributed by atoms with van der Waals surface area (Å²) in [6, 6.07) is 18.4. The molecule has 138 valence electrons. The van der Waals surface area contributed by atoms with E-state index in [1.807, 2.05) is 24.3 Å². The Hall–Kier alpha value is -2.09. The SMILES string of the molecule is Brc1ccccc1Sc1ccnc(Nc2ccc(N3CCOCC3)cc2)n1. The summed E-state index contributed by atoms with van der Waals surface area (Å²) in [6.07, 6.45) is 1.77. The van der Waals surface area contributed by atoms with Crippen LogP contribution in [0.2, 0.25) is 0 Å². The lowest BCUT2D eigenvalue weighted by Gasteiger charge is -2.28. The highest BCUT2D eigenvalue weighted by Crippen LogP contribution is 2.32. The molecule has 4 rings (SSSR count). The fourth-order valence-electron chi connectivity index (χ4n) is 2.81. The molecule has 0 bridgehead atoms. The van der Waals surface area contributed by atoms with Crippen LogP contribution in [-0.4, -0.2) is 36.3 Å². The molecule has 0 saturated carbocycles. The molecule has 5 nitrogen and oxygen atoms in total. The van der Waals surface area contributed by atoms with E-state index in [-0.39, 0.29) is 0 Å². The molecule has 1 saturated heterocycles. The summed E-state index contributed by atoms with van der Waals surface area (Å²) >= 11 is 5.18. The van der Waals surface area contributed by atoms with Crippen molar-refractivity contribution in [3.05, 3.63) is 65.3 Å². The Bertz CT molecular complexity index is 900. The Balaban J connectivity index is 1.44. The zero-order valence-electron chi connectivity index (χ0n) is 14.6. The summed E-state index contributed by atoms with van der Waals surface area (Å²) in [5.74, 6) is 0.589. The Morgan fingerprint density at radius 2 is 1.78 bits per heavy atom. The van der Waals surface area contributed by atoms with Gasteiger partial charge in [0.1, 0.15) is 5.03 Å². The van der Waals surface area contributed by atoms with Crippen LogP contribution in [0.5, 0.6) is 0 Å². The molecule has 0 amide bonds. The minimum absolute atomic E-state index is 0.589. The van der Waals surface area contributed by atoms with E-state index >= 15 is 0 Å². The molecule has 0 atom stereocenters. The lowest BCUT2D eigenvalue weighted by molar-refractivity contribution is 0.122. The van der Waals surface area contributed by atoms with Gasteiger partial charge in [0.15, 0.2) is 0 Å². The van der Waals surface area contributed by atoms with Gasteiger partial charge in [-0.3, -0.25) is 0 Å². The maximum Gasteiger partial charge on any atom is 0.228 e. The van der Waals surface area contributed by atoms with Crippen LogP contribution in [0.15, 0.2) is 75.2 Å². The van der Waals surface area contributed by atoms with Crippen LogP contribution in [0.25, 0.3) is 0 Å². The van der Waals surface area contributed by atoms with Crippen molar-refractivity contribution in [1.82, 2.24) is 9.97 Å². The van der Waals surface area contributed by atoms with Gasteiger partial charge in [-0.15, -0.1) is 0 Å². The number of nitrogens with zero attached hydrogens (tertiary/aromatic N) is 3. The third kappa shape index (κ3) is 4.80. The lowest BCUT2D eigenvalue weighted by atomic mass is 10.2. The van der Waals surface area contributed by atoms with Crippen molar-refractivity contribution in [2.75, 3.05) is 36.5 Å². The Kier molecular flexibility index (Phi) is 5.91. The van der Waals surface area contributed by atoms with Crippen molar-refractivity contribution in [2.24, 2.45) is 0 Å². The number of hydrogen-bond donors (Lipinski definition) is 1. The molecular weight excluding hydrogens is 424 g/mol. The minimum Gasteiger partial charge on any atom is -0.378 e. The molecule has 0 aliphatic carbocycles. The van der Waals surface area contributed by atoms with Gasteiger partial charge in [-0.05, 0) is 58.4 Å². The van der Waals surface area contributed by atoms with Gasteiger partial charge in [0.2, 0.25) is 5.95 Å². The maximum atomic E-state index is 5.41. The average Bonchev–Trinajstić information content (AvgIpc) is 2.71. The highest BCUT2D eigenvalue weighted by atomic mass is 79.9. The molecule has 1 aromatic heterocycles. The van der Waals surface area contributed by atoms with Gasteiger partial charge < -0.3 is 15.0 Å². The summed E-state index contributed by atoms with van der Waals surface area (Å²) in [6.45, 7) is 3.44. The smallest absolute Gasteiger partial charge is 0.228 e. The van der Waals surface area contributed by atoms with Crippen molar-refractivity contribution in [1.29, 1.82) is 0 Å². The van der Waals surface area contributed by atoms with Crippen LogP contribution in [0.4, 0.5) is 17.3 Å². The predicted octanol–water partition coefficient (Wildman–Crippen LogP) is 4.97. The van der Waals surface area contributed by atoms with Gasteiger partial charge >= 0.3 is 0 Å². The van der Waals surface area contributed by atoms with E-state index in [9.17, 15) is 0 Å². The van der Waals surface area contributed by atoms with Crippen LogP contribution >= 0.6 is 27.7 Å². The molecule has 0 unspecified atom stereocenters. The van der Waals surface area contributed by atoms with E-state index in [0.717, 1.165) is 46.4 Å². The average molecular weight is 443 g/mol. The van der Waals surface area contributed by atoms with Crippen molar-refractivity contribution < 1.29 is 4.74 Å². The minimum atomic E-state index is 0.589. The second-order valence-corrected chi connectivity index (χ2v) is 7.94. The van der Waals surface area contributed by atoms with E-state index < -0.39 is 0 Å². The second-order valence-electron chi connectivity index (χ2n) is 6.02. The quantitative estimate of drug-likeness (QED) is 0.562. The normalized spacial score (nSPS) is 14.2.